The largest absolute Gasteiger partial charge is 0.409 e. The molecular weight excluding hydrogens is 452 g/mol. The summed E-state index contributed by atoms with van der Waals surface area (Å²) in [5.74, 6) is -0.0729. The fraction of sp³-hybridized carbons (Fsp3) is 0.200. The fourth-order valence-electron chi connectivity index (χ4n) is 3.33. The van der Waals surface area contributed by atoms with E-state index in [-0.39, 0.29) is 11.7 Å². The van der Waals surface area contributed by atoms with Gasteiger partial charge in [0.2, 0.25) is 5.91 Å². The van der Waals surface area contributed by atoms with Gasteiger partial charge < -0.3 is 16.3 Å². The van der Waals surface area contributed by atoms with Crippen LogP contribution in [0.4, 0.5) is 5.69 Å². The smallest absolute Gasteiger partial charge is 0.229 e. The molecule has 0 bridgehead atoms. The molecule has 2 aromatic heterocycles. The lowest BCUT2D eigenvalue weighted by atomic mass is 9.95. The van der Waals surface area contributed by atoms with E-state index in [1.807, 2.05) is 64.2 Å². The Labute approximate surface area is 202 Å². The molecule has 9 heteroatoms. The van der Waals surface area contributed by atoms with Gasteiger partial charge in [0.05, 0.1) is 22.6 Å². The average Bonchev–Trinajstić information content (AvgIpc) is 3.22. The quantitative estimate of drug-likeness (QED) is 0.164. The summed E-state index contributed by atoms with van der Waals surface area (Å²) in [4.78, 5) is 17.2. The number of carbonyl (C=O) groups excluding carboxylic acids is 1. The van der Waals surface area contributed by atoms with Gasteiger partial charge in [-0.25, -0.2) is 9.50 Å². The Balaban J connectivity index is 1.68. The van der Waals surface area contributed by atoms with Crippen LogP contribution in [0.1, 0.15) is 31.9 Å². The van der Waals surface area contributed by atoms with E-state index < -0.39 is 5.41 Å². The minimum Gasteiger partial charge on any atom is -0.409 e. The third-order valence-corrected chi connectivity index (χ3v) is 5.74. The predicted molar refractivity (Wildman–Crippen MR) is 134 cm³/mol. The van der Waals surface area contributed by atoms with E-state index in [9.17, 15) is 4.79 Å². The Bertz CT molecular complexity index is 1440. The second kappa shape index (κ2) is 8.79. The van der Waals surface area contributed by atoms with E-state index in [1.165, 1.54) is 0 Å². The van der Waals surface area contributed by atoms with Crippen molar-refractivity contribution in [1.82, 2.24) is 14.6 Å². The van der Waals surface area contributed by atoms with E-state index in [2.05, 4.69) is 20.6 Å². The summed E-state index contributed by atoms with van der Waals surface area (Å²) in [7, 11) is 0. The molecule has 0 saturated heterocycles. The number of anilines is 1. The molecule has 0 radical (unpaired) electrons. The number of benzene rings is 2. The van der Waals surface area contributed by atoms with Crippen molar-refractivity contribution in [3.05, 3.63) is 70.9 Å². The second-order valence-electron chi connectivity index (χ2n) is 9.06. The number of nitrogens with two attached hydrogens (primary N) is 1. The van der Waals surface area contributed by atoms with Crippen LogP contribution in [0, 0.1) is 12.3 Å². The Morgan fingerprint density at radius 3 is 2.56 bits per heavy atom. The average molecular weight is 477 g/mol. The lowest BCUT2D eigenvalue weighted by Crippen LogP contribution is -2.27. The molecule has 174 valence electrons. The maximum atomic E-state index is 12.5. The third kappa shape index (κ3) is 4.58. The predicted octanol–water partition coefficient (Wildman–Crippen LogP) is 5.10. The highest BCUT2D eigenvalue weighted by atomic mass is 35.5. The standard InChI is InChI=1S/C25H25ClN6O2/c1-14-5-6-15(12-20(14)29-24(33)25(2,3)4)21-13-32-22(28-21)10-9-19(30-32)17-8-7-16(11-18(17)26)23(27)31-34/h5-13,34H,1-4H3,(H2,27,31)(H,29,33). The maximum Gasteiger partial charge on any atom is 0.229 e. The van der Waals surface area contributed by atoms with Gasteiger partial charge in [0.15, 0.2) is 11.5 Å². The molecule has 0 saturated carbocycles. The number of aromatic nitrogens is 3. The minimum absolute atomic E-state index is 0.0210. The van der Waals surface area contributed by atoms with E-state index in [1.54, 1.807) is 22.7 Å². The number of rotatable bonds is 4. The monoisotopic (exact) mass is 476 g/mol. The second-order valence-corrected chi connectivity index (χ2v) is 9.47. The molecular formula is C25H25ClN6O2. The lowest BCUT2D eigenvalue weighted by Gasteiger charge is -2.19. The van der Waals surface area contributed by atoms with E-state index in [0.717, 1.165) is 22.5 Å². The maximum absolute atomic E-state index is 12.5. The van der Waals surface area contributed by atoms with Crippen LogP contribution in [-0.2, 0) is 4.79 Å². The van der Waals surface area contributed by atoms with Crippen molar-refractivity contribution >= 4 is 34.7 Å². The Morgan fingerprint density at radius 2 is 1.88 bits per heavy atom. The number of amidine groups is 1. The summed E-state index contributed by atoms with van der Waals surface area (Å²) in [5.41, 5.74) is 11.0. The zero-order chi connectivity index (χ0) is 24.6. The van der Waals surface area contributed by atoms with Gasteiger partial charge in [0, 0.05) is 27.8 Å². The van der Waals surface area contributed by atoms with E-state index >= 15 is 0 Å². The summed E-state index contributed by atoms with van der Waals surface area (Å²) in [5, 5.41) is 20.0. The van der Waals surface area contributed by atoms with Crippen LogP contribution in [0.25, 0.3) is 28.2 Å². The number of halogens is 1. The molecule has 4 aromatic rings. The number of hydrogen-bond donors (Lipinski definition) is 3. The summed E-state index contributed by atoms with van der Waals surface area (Å²) in [6.45, 7) is 7.58. The first-order chi connectivity index (χ1) is 16.1. The van der Waals surface area contributed by atoms with Crippen molar-refractivity contribution in [2.75, 3.05) is 5.32 Å². The van der Waals surface area contributed by atoms with Crippen molar-refractivity contribution in [3.63, 3.8) is 0 Å². The first-order valence-corrected chi connectivity index (χ1v) is 11.0. The van der Waals surface area contributed by atoms with Crippen LogP contribution in [0.5, 0.6) is 0 Å². The molecule has 2 heterocycles. The molecule has 0 aliphatic rings. The molecule has 34 heavy (non-hydrogen) atoms. The highest BCUT2D eigenvalue weighted by Crippen LogP contribution is 2.30. The van der Waals surface area contributed by atoms with Gasteiger partial charge >= 0.3 is 0 Å². The van der Waals surface area contributed by atoms with Crippen LogP contribution in [0.15, 0.2) is 59.9 Å². The van der Waals surface area contributed by atoms with Gasteiger partial charge in [0.25, 0.3) is 0 Å². The minimum atomic E-state index is -0.498. The molecule has 4 N–H and O–H groups in total. The van der Waals surface area contributed by atoms with Gasteiger partial charge in [-0.1, -0.05) is 61.8 Å². The SMILES string of the molecule is Cc1ccc(-c2cn3nc(-c4ccc(/C(N)=N\O)cc4Cl)ccc3n2)cc1NC(=O)C(C)(C)C. The molecule has 0 atom stereocenters. The van der Waals surface area contributed by atoms with Crippen LogP contribution < -0.4 is 11.1 Å². The van der Waals surface area contributed by atoms with Crippen LogP contribution in [0.3, 0.4) is 0 Å². The lowest BCUT2D eigenvalue weighted by molar-refractivity contribution is -0.123. The Kier molecular flexibility index (Phi) is 6.01. The normalized spacial score (nSPS) is 12.2. The van der Waals surface area contributed by atoms with Gasteiger partial charge in [0.1, 0.15) is 0 Å². The Morgan fingerprint density at radius 1 is 1.12 bits per heavy atom. The first kappa shape index (κ1) is 23.3. The third-order valence-electron chi connectivity index (χ3n) is 5.43. The number of aryl methyl sites for hydroxylation is 1. The number of oxime groups is 1. The van der Waals surface area contributed by atoms with Crippen LogP contribution in [-0.4, -0.2) is 31.5 Å². The number of nitrogens with zero attached hydrogens (tertiary/aromatic N) is 4. The molecule has 0 aliphatic carbocycles. The molecule has 0 unspecified atom stereocenters. The summed E-state index contributed by atoms with van der Waals surface area (Å²) in [6, 6.07) is 14.6. The van der Waals surface area contributed by atoms with Gasteiger partial charge in [-0.3, -0.25) is 4.79 Å². The number of nitrogens with one attached hydrogen (secondary N) is 1. The molecule has 8 nitrogen and oxygen atoms in total. The van der Waals surface area contributed by atoms with Crippen LogP contribution >= 0.6 is 11.6 Å². The van der Waals surface area contributed by atoms with Crippen molar-refractivity contribution in [2.24, 2.45) is 16.3 Å². The number of amides is 1. The van der Waals surface area contributed by atoms with E-state index in [0.29, 0.717) is 27.5 Å². The number of carbonyl (C=O) groups is 1. The number of hydrogen-bond acceptors (Lipinski definition) is 5. The van der Waals surface area contributed by atoms with Gasteiger partial charge in [-0.15, -0.1) is 0 Å². The molecule has 0 aliphatic heterocycles. The highest BCUT2D eigenvalue weighted by molar-refractivity contribution is 6.33. The molecule has 0 spiro atoms. The van der Waals surface area contributed by atoms with E-state index in [4.69, 9.17) is 22.5 Å². The topological polar surface area (TPSA) is 118 Å². The van der Waals surface area contributed by atoms with Gasteiger partial charge in [-0.05, 0) is 36.8 Å². The van der Waals surface area contributed by atoms with Crippen LogP contribution in [0.2, 0.25) is 5.02 Å². The summed E-state index contributed by atoms with van der Waals surface area (Å²) >= 11 is 6.43. The van der Waals surface area contributed by atoms with Gasteiger partial charge in [-0.2, -0.15) is 5.10 Å². The zero-order valence-electron chi connectivity index (χ0n) is 19.3. The molecule has 4 rings (SSSR count). The van der Waals surface area contributed by atoms with Crippen molar-refractivity contribution < 1.29 is 10.0 Å². The van der Waals surface area contributed by atoms with Crippen molar-refractivity contribution in [2.45, 2.75) is 27.7 Å². The summed E-state index contributed by atoms with van der Waals surface area (Å²) < 4.78 is 1.69. The molecule has 0 fully saturated rings. The fourth-order valence-corrected chi connectivity index (χ4v) is 3.61. The highest BCUT2D eigenvalue weighted by Gasteiger charge is 2.22. The van der Waals surface area contributed by atoms with Crippen molar-refractivity contribution in [3.8, 4) is 22.5 Å². The zero-order valence-corrected chi connectivity index (χ0v) is 20.1. The molecule has 2 aromatic carbocycles. The van der Waals surface area contributed by atoms with Crippen molar-refractivity contribution in [1.29, 1.82) is 0 Å². The number of fused-ring (bicyclic) bond motifs is 1. The summed E-state index contributed by atoms with van der Waals surface area (Å²) in [6.07, 6.45) is 1.83. The first-order valence-electron chi connectivity index (χ1n) is 10.6. The number of imidazole rings is 1. The Hall–Kier alpha value is -3.91. The molecule has 1 amide bonds.